The zero-order chi connectivity index (χ0) is 32.5. The van der Waals surface area contributed by atoms with Crippen molar-refractivity contribution in [1.82, 2.24) is 30.3 Å². The van der Waals surface area contributed by atoms with Crippen LogP contribution < -0.4 is 5.32 Å². The Bertz CT molecular complexity index is 2060. The van der Waals surface area contributed by atoms with Gasteiger partial charge in [0.05, 0.1) is 29.0 Å². The van der Waals surface area contributed by atoms with E-state index in [0.717, 1.165) is 18.2 Å². The largest absolute Gasteiger partial charge is 0.346 e. The van der Waals surface area contributed by atoms with Gasteiger partial charge < -0.3 is 5.32 Å². The molecule has 1 fully saturated rings. The van der Waals surface area contributed by atoms with Gasteiger partial charge in [-0.05, 0) is 60.2 Å². The van der Waals surface area contributed by atoms with Crippen LogP contribution in [-0.2, 0) is 23.7 Å². The van der Waals surface area contributed by atoms with Gasteiger partial charge in [-0.1, -0.05) is 6.07 Å². The minimum atomic E-state index is -3.46. The third-order valence-corrected chi connectivity index (χ3v) is 8.34. The molecule has 234 valence electrons. The van der Waals surface area contributed by atoms with Crippen LogP contribution in [0.4, 0.5) is 30.7 Å². The third kappa shape index (κ3) is 4.93. The number of halogens is 7. The molecular formula is C31H20F7N7O. The molecule has 1 saturated carbocycles. The highest BCUT2D eigenvalue weighted by molar-refractivity contribution is 5.83. The van der Waals surface area contributed by atoms with E-state index in [4.69, 9.17) is 0 Å². The monoisotopic (exact) mass is 639 g/mol. The third-order valence-electron chi connectivity index (χ3n) is 8.34. The van der Waals surface area contributed by atoms with E-state index in [9.17, 15) is 32.0 Å². The molecule has 2 aliphatic carbocycles. The minimum absolute atomic E-state index is 0.0464. The number of H-pyrrole nitrogens is 1. The van der Waals surface area contributed by atoms with Crippen LogP contribution in [0, 0.1) is 34.7 Å². The quantitative estimate of drug-likeness (QED) is 0.192. The molecule has 0 saturated heterocycles. The molecule has 5 aromatic rings. The molecule has 46 heavy (non-hydrogen) atoms. The molecule has 1 amide bonds. The van der Waals surface area contributed by atoms with E-state index >= 15 is 8.78 Å². The van der Waals surface area contributed by atoms with Gasteiger partial charge in [0.1, 0.15) is 47.0 Å². The number of pyridine rings is 1. The highest BCUT2D eigenvalue weighted by Crippen LogP contribution is 2.68. The van der Waals surface area contributed by atoms with Gasteiger partial charge >= 0.3 is 0 Å². The van der Waals surface area contributed by atoms with Crippen LogP contribution in [-0.4, -0.2) is 30.9 Å². The van der Waals surface area contributed by atoms with E-state index in [1.54, 1.807) is 12.1 Å². The average Bonchev–Trinajstić information content (AvgIpc) is 3.40. The van der Waals surface area contributed by atoms with Crippen LogP contribution in [0.3, 0.4) is 0 Å². The van der Waals surface area contributed by atoms with Crippen molar-refractivity contribution < 1.29 is 35.5 Å². The van der Waals surface area contributed by atoms with Gasteiger partial charge in [-0.3, -0.25) is 14.6 Å². The molecule has 2 N–H and O–H groups in total. The second-order valence-corrected chi connectivity index (χ2v) is 11.3. The highest BCUT2D eigenvalue weighted by Gasteiger charge is 2.67. The van der Waals surface area contributed by atoms with Gasteiger partial charge in [-0.2, -0.15) is 24.2 Å². The fraction of sp³-hybridized carbons (Fsp3) is 0.258. The summed E-state index contributed by atoms with van der Waals surface area (Å²) in [5.41, 5.74) is -0.625. The smallest absolute Gasteiger partial charge is 0.293 e. The molecule has 2 aliphatic rings. The van der Waals surface area contributed by atoms with Gasteiger partial charge in [0, 0.05) is 23.1 Å². The number of hydrogen-bond acceptors (Lipinski definition) is 5. The Morgan fingerprint density at radius 3 is 2.57 bits per heavy atom. The van der Waals surface area contributed by atoms with Crippen LogP contribution in [0.1, 0.15) is 58.6 Å². The van der Waals surface area contributed by atoms with Crippen LogP contribution in [0.15, 0.2) is 48.7 Å². The van der Waals surface area contributed by atoms with E-state index in [-0.39, 0.29) is 46.4 Å². The maximum absolute atomic E-state index is 15.1. The number of rotatable bonds is 8. The van der Waals surface area contributed by atoms with Crippen molar-refractivity contribution >= 4 is 16.9 Å². The number of benzene rings is 2. The number of carbonyl (C=O) groups excluding carboxylic acids is 1. The number of carbonyl (C=O) groups is 1. The number of nitriles is 1. The van der Waals surface area contributed by atoms with E-state index in [1.165, 1.54) is 18.3 Å². The van der Waals surface area contributed by atoms with Crippen LogP contribution in [0.5, 0.6) is 0 Å². The highest BCUT2D eigenvalue weighted by atomic mass is 19.3. The number of aromatic nitrogens is 5. The summed E-state index contributed by atoms with van der Waals surface area (Å²) < 4.78 is 102. The van der Waals surface area contributed by atoms with E-state index in [0.29, 0.717) is 21.8 Å². The summed E-state index contributed by atoms with van der Waals surface area (Å²) in [5.74, 6) is -8.94. The molecule has 2 aromatic carbocycles. The Balaban J connectivity index is 1.30. The van der Waals surface area contributed by atoms with Crippen molar-refractivity contribution in [2.24, 2.45) is 5.92 Å². The van der Waals surface area contributed by atoms with Crippen molar-refractivity contribution in [2.75, 3.05) is 0 Å². The van der Waals surface area contributed by atoms with Gasteiger partial charge in [-0.25, -0.2) is 26.9 Å². The van der Waals surface area contributed by atoms with Crippen molar-refractivity contribution in [3.63, 3.8) is 0 Å². The molecule has 0 spiro atoms. The van der Waals surface area contributed by atoms with Crippen molar-refractivity contribution in [3.8, 4) is 17.2 Å². The molecule has 0 aliphatic heterocycles. The summed E-state index contributed by atoms with van der Waals surface area (Å²) in [6, 6.07) is 8.54. The molecule has 0 bridgehead atoms. The Labute approximate surface area is 254 Å². The zero-order valence-corrected chi connectivity index (χ0v) is 23.3. The van der Waals surface area contributed by atoms with Crippen molar-refractivity contribution in [1.29, 1.82) is 5.26 Å². The predicted octanol–water partition coefficient (Wildman–Crippen LogP) is 6.36. The van der Waals surface area contributed by atoms with Crippen LogP contribution in [0.2, 0.25) is 0 Å². The summed E-state index contributed by atoms with van der Waals surface area (Å²) in [6.45, 7) is -0.868. The number of amides is 1. The fourth-order valence-electron chi connectivity index (χ4n) is 6.30. The Kier molecular flexibility index (Phi) is 6.84. The van der Waals surface area contributed by atoms with Crippen LogP contribution in [0.25, 0.3) is 22.2 Å². The maximum Gasteiger partial charge on any atom is 0.293 e. The topological polar surface area (TPSA) is 112 Å². The van der Waals surface area contributed by atoms with Crippen molar-refractivity contribution in [3.05, 3.63) is 99.9 Å². The molecule has 8 nitrogen and oxygen atoms in total. The van der Waals surface area contributed by atoms with Gasteiger partial charge in [-0.15, -0.1) is 0 Å². The predicted molar refractivity (Wildman–Crippen MR) is 147 cm³/mol. The summed E-state index contributed by atoms with van der Waals surface area (Å²) in [4.78, 5) is 18.1. The van der Waals surface area contributed by atoms with Gasteiger partial charge in [0.2, 0.25) is 5.91 Å². The SMILES string of the molecule is N#Cc1ccc(-c2cc3[nH]ncc3nc2C(Cc2cc(F)cc(F)c2)NC(=O)Cn2nc(C(F)F)c3c2C(F)(F)C2C[C@H]32)cc1F. The van der Waals surface area contributed by atoms with Crippen LogP contribution >= 0.6 is 0 Å². The first-order valence-corrected chi connectivity index (χ1v) is 14.0. The van der Waals surface area contributed by atoms with E-state index in [2.05, 4.69) is 25.6 Å². The Morgan fingerprint density at radius 1 is 1.11 bits per heavy atom. The number of hydrogen-bond donors (Lipinski definition) is 2. The first kappa shape index (κ1) is 29.5. The molecule has 15 heteroatoms. The van der Waals surface area contributed by atoms with E-state index < -0.39 is 71.5 Å². The molecular weight excluding hydrogens is 619 g/mol. The van der Waals surface area contributed by atoms with Gasteiger partial charge in [0.25, 0.3) is 12.3 Å². The standard InChI is InChI=1S/C31H20F7N7O/c32-16-3-13(4-17(33)7-16)5-23(27-18(9-22-24(42-27)11-40-43-22)14-1-2-15(10-39)21(34)6-14)41-25(46)12-45-29-26(28(44-45)30(35)36)19-8-20(19)31(29,37)38/h1-4,6-7,9,11,19-20,23,30H,5,8,12H2,(H,40,43)(H,41,46)/t19-,20?,23?/m0/s1. The number of aromatic amines is 1. The minimum Gasteiger partial charge on any atom is -0.346 e. The second kappa shape index (κ2) is 10.7. The molecule has 3 heterocycles. The first-order valence-electron chi connectivity index (χ1n) is 14.0. The van der Waals surface area contributed by atoms with E-state index in [1.807, 2.05) is 0 Å². The molecule has 2 unspecified atom stereocenters. The first-order chi connectivity index (χ1) is 21.9. The second-order valence-electron chi connectivity index (χ2n) is 11.3. The lowest BCUT2D eigenvalue weighted by Crippen LogP contribution is -2.35. The summed E-state index contributed by atoms with van der Waals surface area (Å²) in [7, 11) is 0. The normalized spacial score (nSPS) is 18.3. The lowest BCUT2D eigenvalue weighted by molar-refractivity contribution is -0.123. The molecule has 3 aromatic heterocycles. The lowest BCUT2D eigenvalue weighted by Gasteiger charge is -2.23. The molecule has 7 rings (SSSR count). The number of alkyl halides is 4. The Hall–Kier alpha value is -5.26. The summed E-state index contributed by atoms with van der Waals surface area (Å²) >= 11 is 0. The number of nitrogens with one attached hydrogen (secondary N) is 2. The molecule has 0 radical (unpaired) electrons. The molecule has 3 atom stereocenters. The lowest BCUT2D eigenvalue weighted by atomic mass is 9.94. The van der Waals surface area contributed by atoms with Crippen molar-refractivity contribution in [2.45, 2.75) is 43.7 Å². The number of fused-ring (bicyclic) bond motifs is 4. The average molecular weight is 640 g/mol. The summed E-state index contributed by atoms with van der Waals surface area (Å²) in [6.07, 6.45) is -1.99. The maximum atomic E-state index is 15.1. The number of nitrogens with zero attached hydrogens (tertiary/aromatic N) is 5. The fourth-order valence-corrected chi connectivity index (χ4v) is 6.30. The summed E-state index contributed by atoms with van der Waals surface area (Å²) in [5, 5.41) is 22.2. The Morgan fingerprint density at radius 2 is 1.87 bits per heavy atom. The van der Waals surface area contributed by atoms with Gasteiger partial charge in [0.15, 0.2) is 0 Å². The zero-order valence-electron chi connectivity index (χ0n) is 23.3.